The number of benzene rings is 1. The van der Waals surface area contributed by atoms with Crippen molar-refractivity contribution in [2.45, 2.75) is 32.6 Å². The average Bonchev–Trinajstić information content (AvgIpc) is 3.06. The molecular formula is C20H19FN4. The summed E-state index contributed by atoms with van der Waals surface area (Å²) < 4.78 is 15.8. The van der Waals surface area contributed by atoms with Crippen LogP contribution in [-0.4, -0.2) is 14.5 Å². The fourth-order valence-corrected chi connectivity index (χ4v) is 2.83. The van der Waals surface area contributed by atoms with Crippen LogP contribution in [0.15, 0.2) is 48.9 Å². The molecule has 0 spiro atoms. The van der Waals surface area contributed by atoms with Gasteiger partial charge in [0, 0.05) is 18.6 Å². The standard InChI is InChI=1S/C20H19FN4/c1-15-23-10-11-25(15)20-13-16(8-9-24-20)4-2-3-5-18-7-6-17(14-22)12-19(18)21/h6-13H,2-5H2,1H3. The van der Waals surface area contributed by atoms with E-state index in [0.717, 1.165) is 30.9 Å². The van der Waals surface area contributed by atoms with E-state index < -0.39 is 0 Å². The third-order valence-corrected chi connectivity index (χ3v) is 4.23. The van der Waals surface area contributed by atoms with E-state index in [2.05, 4.69) is 16.0 Å². The van der Waals surface area contributed by atoms with Crippen molar-refractivity contribution >= 4 is 0 Å². The molecule has 3 aromatic rings. The Hall–Kier alpha value is -3.00. The Morgan fingerprint density at radius 1 is 1.08 bits per heavy atom. The predicted octanol–water partition coefficient (Wildman–Crippen LogP) is 4.15. The second-order valence-electron chi connectivity index (χ2n) is 5.99. The van der Waals surface area contributed by atoms with E-state index in [1.165, 1.54) is 11.6 Å². The van der Waals surface area contributed by atoms with Crippen LogP contribution in [0.1, 0.15) is 35.4 Å². The van der Waals surface area contributed by atoms with Crippen LogP contribution in [0, 0.1) is 24.1 Å². The highest BCUT2D eigenvalue weighted by Gasteiger charge is 2.05. The number of unbranched alkanes of at least 4 members (excludes halogenated alkanes) is 1. The number of rotatable bonds is 6. The van der Waals surface area contributed by atoms with Crippen LogP contribution < -0.4 is 0 Å². The molecule has 0 atom stereocenters. The fourth-order valence-electron chi connectivity index (χ4n) is 2.83. The number of nitrogens with zero attached hydrogens (tertiary/aromatic N) is 4. The van der Waals surface area contributed by atoms with Gasteiger partial charge in [0.1, 0.15) is 17.5 Å². The number of imidazole rings is 1. The number of aromatic nitrogens is 3. The van der Waals surface area contributed by atoms with Gasteiger partial charge in [0.05, 0.1) is 11.6 Å². The van der Waals surface area contributed by atoms with E-state index in [0.29, 0.717) is 17.5 Å². The summed E-state index contributed by atoms with van der Waals surface area (Å²) >= 11 is 0. The Kier molecular flexibility index (Phi) is 5.20. The predicted molar refractivity (Wildman–Crippen MR) is 93.9 cm³/mol. The van der Waals surface area contributed by atoms with E-state index >= 15 is 0 Å². The number of nitriles is 1. The van der Waals surface area contributed by atoms with E-state index in [1.54, 1.807) is 18.3 Å². The Bertz CT molecular complexity index is 908. The van der Waals surface area contributed by atoms with Gasteiger partial charge in [-0.2, -0.15) is 5.26 Å². The quantitative estimate of drug-likeness (QED) is 0.636. The molecule has 3 rings (SSSR count). The van der Waals surface area contributed by atoms with Crippen LogP contribution in [0.4, 0.5) is 4.39 Å². The average molecular weight is 334 g/mol. The van der Waals surface area contributed by atoms with Gasteiger partial charge in [-0.3, -0.25) is 4.57 Å². The van der Waals surface area contributed by atoms with Gasteiger partial charge in [0.2, 0.25) is 0 Å². The number of hydrogen-bond donors (Lipinski definition) is 0. The zero-order valence-corrected chi connectivity index (χ0v) is 14.1. The van der Waals surface area contributed by atoms with Crippen molar-refractivity contribution in [1.29, 1.82) is 5.26 Å². The fraction of sp³-hybridized carbons (Fsp3) is 0.250. The molecule has 25 heavy (non-hydrogen) atoms. The number of pyridine rings is 1. The molecule has 0 radical (unpaired) electrons. The molecule has 0 N–H and O–H groups in total. The van der Waals surface area contributed by atoms with Gasteiger partial charge in [-0.15, -0.1) is 0 Å². The molecule has 0 saturated carbocycles. The lowest BCUT2D eigenvalue weighted by Crippen LogP contribution is -2.00. The Balaban J connectivity index is 1.56. The zero-order chi connectivity index (χ0) is 17.6. The van der Waals surface area contributed by atoms with E-state index in [9.17, 15) is 4.39 Å². The summed E-state index contributed by atoms with van der Waals surface area (Å²) in [5.74, 6) is 1.48. The number of aryl methyl sites for hydroxylation is 3. The summed E-state index contributed by atoms with van der Waals surface area (Å²) in [6.45, 7) is 1.94. The van der Waals surface area contributed by atoms with Crippen LogP contribution >= 0.6 is 0 Å². The SMILES string of the molecule is Cc1nccn1-c1cc(CCCCc2ccc(C#N)cc2F)ccn1. The van der Waals surface area contributed by atoms with Crippen molar-refractivity contribution < 1.29 is 4.39 Å². The molecule has 2 heterocycles. The maximum Gasteiger partial charge on any atom is 0.138 e. The van der Waals surface area contributed by atoms with E-state index in [-0.39, 0.29) is 5.82 Å². The molecule has 5 heteroatoms. The van der Waals surface area contributed by atoms with Crippen LogP contribution in [0.2, 0.25) is 0 Å². The largest absolute Gasteiger partial charge is 0.288 e. The van der Waals surface area contributed by atoms with Crippen molar-refractivity contribution in [3.05, 3.63) is 77.3 Å². The monoisotopic (exact) mass is 334 g/mol. The molecule has 126 valence electrons. The molecule has 0 bridgehead atoms. The summed E-state index contributed by atoms with van der Waals surface area (Å²) in [4.78, 5) is 8.61. The summed E-state index contributed by atoms with van der Waals surface area (Å²) in [5, 5.41) is 8.77. The molecule has 0 aliphatic rings. The first-order valence-corrected chi connectivity index (χ1v) is 8.31. The second kappa shape index (κ2) is 7.71. The van der Waals surface area contributed by atoms with Gasteiger partial charge in [-0.1, -0.05) is 6.07 Å². The third-order valence-electron chi connectivity index (χ3n) is 4.23. The Labute approximate surface area is 146 Å². The molecule has 0 amide bonds. The highest BCUT2D eigenvalue weighted by Crippen LogP contribution is 2.15. The maximum atomic E-state index is 13.9. The van der Waals surface area contributed by atoms with Gasteiger partial charge < -0.3 is 0 Å². The maximum absolute atomic E-state index is 13.9. The lowest BCUT2D eigenvalue weighted by atomic mass is 10.0. The van der Waals surface area contributed by atoms with Crippen molar-refractivity contribution in [3.8, 4) is 11.9 Å². The van der Waals surface area contributed by atoms with Crippen molar-refractivity contribution in [2.75, 3.05) is 0 Å². The summed E-state index contributed by atoms with van der Waals surface area (Å²) in [5.41, 5.74) is 2.24. The Morgan fingerprint density at radius 2 is 1.92 bits per heavy atom. The number of hydrogen-bond acceptors (Lipinski definition) is 3. The van der Waals surface area contributed by atoms with E-state index in [4.69, 9.17) is 5.26 Å². The van der Waals surface area contributed by atoms with Crippen molar-refractivity contribution in [2.24, 2.45) is 0 Å². The van der Waals surface area contributed by atoms with Gasteiger partial charge in [0.15, 0.2) is 0 Å². The molecule has 0 aliphatic carbocycles. The van der Waals surface area contributed by atoms with Crippen LogP contribution in [0.5, 0.6) is 0 Å². The molecule has 0 aliphatic heterocycles. The van der Waals surface area contributed by atoms with Gasteiger partial charge in [0.25, 0.3) is 0 Å². The highest BCUT2D eigenvalue weighted by atomic mass is 19.1. The minimum Gasteiger partial charge on any atom is -0.288 e. The normalized spacial score (nSPS) is 10.6. The first-order valence-electron chi connectivity index (χ1n) is 8.31. The minimum absolute atomic E-state index is 0.291. The van der Waals surface area contributed by atoms with Crippen LogP contribution in [0.3, 0.4) is 0 Å². The summed E-state index contributed by atoms with van der Waals surface area (Å²) in [6, 6.07) is 10.7. The molecular weight excluding hydrogens is 315 g/mol. The molecule has 0 saturated heterocycles. The molecule has 0 unspecified atom stereocenters. The summed E-state index contributed by atoms with van der Waals surface area (Å²) in [6.07, 6.45) is 8.92. The third kappa shape index (κ3) is 4.10. The lowest BCUT2D eigenvalue weighted by Gasteiger charge is -2.07. The van der Waals surface area contributed by atoms with Crippen LogP contribution in [0.25, 0.3) is 5.82 Å². The highest BCUT2D eigenvalue weighted by molar-refractivity contribution is 5.33. The van der Waals surface area contributed by atoms with Crippen molar-refractivity contribution in [3.63, 3.8) is 0 Å². The lowest BCUT2D eigenvalue weighted by molar-refractivity contribution is 0.599. The smallest absolute Gasteiger partial charge is 0.138 e. The second-order valence-corrected chi connectivity index (χ2v) is 5.99. The topological polar surface area (TPSA) is 54.5 Å². The first-order chi connectivity index (χ1) is 12.2. The van der Waals surface area contributed by atoms with Gasteiger partial charge in [-0.05, 0) is 68.0 Å². The summed E-state index contributed by atoms with van der Waals surface area (Å²) in [7, 11) is 0. The Morgan fingerprint density at radius 3 is 2.64 bits per heavy atom. The van der Waals surface area contributed by atoms with Crippen LogP contribution in [-0.2, 0) is 12.8 Å². The molecule has 2 aromatic heterocycles. The molecule has 1 aromatic carbocycles. The van der Waals surface area contributed by atoms with Gasteiger partial charge in [-0.25, -0.2) is 14.4 Å². The van der Waals surface area contributed by atoms with E-state index in [1.807, 2.05) is 36.0 Å². The van der Waals surface area contributed by atoms with Crippen molar-refractivity contribution in [1.82, 2.24) is 14.5 Å². The minimum atomic E-state index is -0.291. The first kappa shape index (κ1) is 16.8. The molecule has 0 fully saturated rings. The molecule has 4 nitrogen and oxygen atoms in total. The number of halogens is 1. The van der Waals surface area contributed by atoms with Gasteiger partial charge >= 0.3 is 0 Å². The zero-order valence-electron chi connectivity index (χ0n) is 14.1.